The third-order valence-electron chi connectivity index (χ3n) is 3.76. The van der Waals surface area contributed by atoms with Gasteiger partial charge in [0.15, 0.2) is 0 Å². The normalized spacial score (nSPS) is 23.3. The Labute approximate surface area is 135 Å². The van der Waals surface area contributed by atoms with Crippen molar-refractivity contribution in [3.8, 4) is 0 Å². The van der Waals surface area contributed by atoms with Crippen LogP contribution in [0.3, 0.4) is 0 Å². The monoisotopic (exact) mass is 346 g/mol. The van der Waals surface area contributed by atoms with Crippen molar-refractivity contribution in [1.29, 1.82) is 0 Å². The maximum Gasteiger partial charge on any atom is 0.252 e. The number of thioether (sulfide) groups is 1. The van der Waals surface area contributed by atoms with Crippen molar-refractivity contribution in [2.45, 2.75) is 48.2 Å². The predicted octanol–water partition coefficient (Wildman–Crippen LogP) is 2.52. The van der Waals surface area contributed by atoms with Crippen LogP contribution >= 0.6 is 23.1 Å². The average Bonchev–Trinajstić information content (AvgIpc) is 3.11. The minimum atomic E-state index is -3.32. The third kappa shape index (κ3) is 3.82. The summed E-state index contributed by atoms with van der Waals surface area (Å²) in [5.74, 6) is 0.869. The molecule has 118 valence electrons. The van der Waals surface area contributed by atoms with Crippen LogP contribution in [0.1, 0.15) is 31.6 Å². The van der Waals surface area contributed by atoms with E-state index in [1.165, 1.54) is 24.2 Å². The Balaban J connectivity index is 1.71. The van der Waals surface area contributed by atoms with E-state index in [1.54, 1.807) is 10.4 Å². The van der Waals surface area contributed by atoms with E-state index >= 15 is 0 Å². The molecule has 3 rings (SSSR count). The zero-order valence-electron chi connectivity index (χ0n) is 12.5. The second-order valence-electron chi connectivity index (χ2n) is 6.32. The summed E-state index contributed by atoms with van der Waals surface area (Å²) in [5, 5.41) is 3.43. The molecule has 2 heterocycles. The highest BCUT2D eigenvalue weighted by molar-refractivity contribution is 8.00. The molecule has 1 aromatic rings. The first kappa shape index (κ1) is 15.8. The second kappa shape index (κ2) is 5.85. The molecule has 1 N–H and O–H groups in total. The Bertz CT molecular complexity index is 605. The van der Waals surface area contributed by atoms with Crippen LogP contribution in [-0.4, -0.2) is 42.4 Å². The molecule has 0 radical (unpaired) electrons. The first-order chi connectivity index (χ1) is 9.87. The average molecular weight is 347 g/mol. The summed E-state index contributed by atoms with van der Waals surface area (Å²) in [6.07, 6.45) is 2.49. The zero-order chi connectivity index (χ0) is 15.1. The van der Waals surface area contributed by atoms with Crippen LogP contribution in [0.2, 0.25) is 0 Å². The van der Waals surface area contributed by atoms with Gasteiger partial charge in [-0.1, -0.05) is 0 Å². The SMILES string of the molecule is CC1(C)CN(S(=O)(=O)c2ccc(CNC3CC3)s2)CCS1. The van der Waals surface area contributed by atoms with Crippen molar-refractivity contribution in [3.63, 3.8) is 0 Å². The highest BCUT2D eigenvalue weighted by Crippen LogP contribution is 2.34. The van der Waals surface area contributed by atoms with Crippen molar-refractivity contribution in [3.05, 3.63) is 17.0 Å². The lowest BCUT2D eigenvalue weighted by molar-refractivity contribution is 0.388. The Morgan fingerprint density at radius 1 is 1.38 bits per heavy atom. The molecule has 0 atom stereocenters. The minimum Gasteiger partial charge on any atom is -0.309 e. The van der Waals surface area contributed by atoms with Crippen molar-refractivity contribution in [1.82, 2.24) is 9.62 Å². The van der Waals surface area contributed by atoms with E-state index in [0.29, 0.717) is 23.3 Å². The van der Waals surface area contributed by atoms with E-state index in [1.807, 2.05) is 17.8 Å². The summed E-state index contributed by atoms with van der Waals surface area (Å²) in [6, 6.07) is 4.35. The first-order valence-corrected chi connectivity index (χ1v) is 10.6. The third-order valence-corrected chi connectivity index (χ3v) is 8.46. The molecule has 7 heteroatoms. The Morgan fingerprint density at radius 2 is 2.14 bits per heavy atom. The first-order valence-electron chi connectivity index (χ1n) is 7.33. The van der Waals surface area contributed by atoms with E-state index < -0.39 is 10.0 Å². The molecule has 2 aliphatic rings. The Kier molecular flexibility index (Phi) is 4.40. The van der Waals surface area contributed by atoms with Crippen LogP contribution in [0, 0.1) is 0 Å². The van der Waals surface area contributed by atoms with E-state index in [-0.39, 0.29) is 4.75 Å². The van der Waals surface area contributed by atoms with Crippen molar-refractivity contribution in [2.24, 2.45) is 0 Å². The summed E-state index contributed by atoms with van der Waals surface area (Å²) < 4.78 is 27.6. The van der Waals surface area contributed by atoms with Gasteiger partial charge in [-0.05, 0) is 38.8 Å². The maximum atomic E-state index is 12.7. The van der Waals surface area contributed by atoms with Crippen molar-refractivity contribution >= 4 is 33.1 Å². The van der Waals surface area contributed by atoms with Gasteiger partial charge in [0.05, 0.1) is 0 Å². The summed E-state index contributed by atoms with van der Waals surface area (Å²) >= 11 is 3.25. The quantitative estimate of drug-likeness (QED) is 0.890. The van der Waals surface area contributed by atoms with E-state index in [4.69, 9.17) is 0 Å². The number of sulfonamides is 1. The zero-order valence-corrected chi connectivity index (χ0v) is 14.9. The number of rotatable bonds is 5. The van der Waals surface area contributed by atoms with Gasteiger partial charge in [0.25, 0.3) is 10.0 Å². The molecular formula is C14H22N2O2S3. The number of nitrogens with zero attached hydrogens (tertiary/aromatic N) is 1. The molecule has 21 heavy (non-hydrogen) atoms. The number of thiophene rings is 1. The molecule has 0 spiro atoms. The van der Waals surface area contributed by atoms with Gasteiger partial charge in [0.2, 0.25) is 0 Å². The maximum absolute atomic E-state index is 12.7. The summed E-state index contributed by atoms with van der Waals surface area (Å²) in [5.41, 5.74) is 0. The molecular weight excluding hydrogens is 324 g/mol. The lowest BCUT2D eigenvalue weighted by atomic mass is 10.2. The molecule has 2 fully saturated rings. The lowest BCUT2D eigenvalue weighted by Gasteiger charge is -2.36. The molecule has 0 aromatic carbocycles. The van der Waals surface area contributed by atoms with Gasteiger partial charge >= 0.3 is 0 Å². The molecule has 0 amide bonds. The van der Waals surface area contributed by atoms with Gasteiger partial charge in [-0.25, -0.2) is 8.42 Å². The van der Waals surface area contributed by atoms with Crippen LogP contribution in [-0.2, 0) is 16.6 Å². The summed E-state index contributed by atoms with van der Waals surface area (Å²) in [7, 11) is -3.32. The van der Waals surface area contributed by atoms with Gasteiger partial charge in [0, 0.05) is 41.1 Å². The van der Waals surface area contributed by atoms with Gasteiger partial charge < -0.3 is 5.32 Å². The molecule has 1 aliphatic carbocycles. The molecule has 0 bridgehead atoms. The molecule has 1 saturated carbocycles. The van der Waals surface area contributed by atoms with Crippen LogP contribution in [0.5, 0.6) is 0 Å². The second-order valence-corrected chi connectivity index (χ2v) is 11.5. The Morgan fingerprint density at radius 3 is 2.81 bits per heavy atom. The molecule has 1 aromatic heterocycles. The molecule has 4 nitrogen and oxygen atoms in total. The molecule has 1 aliphatic heterocycles. The highest BCUT2D eigenvalue weighted by Gasteiger charge is 2.35. The minimum absolute atomic E-state index is 0.00105. The fourth-order valence-electron chi connectivity index (χ4n) is 2.43. The van der Waals surface area contributed by atoms with E-state index in [0.717, 1.165) is 17.2 Å². The fraction of sp³-hybridized carbons (Fsp3) is 0.714. The number of nitrogens with one attached hydrogen (secondary N) is 1. The van der Waals surface area contributed by atoms with Crippen LogP contribution in [0.4, 0.5) is 0 Å². The lowest BCUT2D eigenvalue weighted by Crippen LogP contribution is -2.45. The molecule has 0 unspecified atom stereocenters. The van der Waals surface area contributed by atoms with Crippen LogP contribution in [0.15, 0.2) is 16.3 Å². The summed E-state index contributed by atoms with van der Waals surface area (Å²) in [6.45, 7) is 6.21. The number of hydrogen-bond donors (Lipinski definition) is 1. The van der Waals surface area contributed by atoms with Crippen molar-refractivity contribution in [2.75, 3.05) is 18.8 Å². The smallest absolute Gasteiger partial charge is 0.252 e. The van der Waals surface area contributed by atoms with Gasteiger partial charge in [-0.3, -0.25) is 0 Å². The van der Waals surface area contributed by atoms with Crippen molar-refractivity contribution < 1.29 is 8.42 Å². The van der Waals surface area contributed by atoms with Gasteiger partial charge in [-0.15, -0.1) is 11.3 Å². The summed E-state index contributed by atoms with van der Waals surface area (Å²) in [4.78, 5) is 1.10. The fourth-order valence-corrected chi connectivity index (χ4v) is 6.80. The van der Waals surface area contributed by atoms with Gasteiger partial charge in [0.1, 0.15) is 4.21 Å². The number of hydrogen-bond acceptors (Lipinski definition) is 5. The Hall–Kier alpha value is -0.0800. The van der Waals surface area contributed by atoms with Gasteiger partial charge in [-0.2, -0.15) is 16.1 Å². The van der Waals surface area contributed by atoms with Crippen LogP contribution < -0.4 is 5.32 Å². The van der Waals surface area contributed by atoms with E-state index in [2.05, 4.69) is 19.2 Å². The highest BCUT2D eigenvalue weighted by atomic mass is 32.2. The van der Waals surface area contributed by atoms with E-state index in [9.17, 15) is 8.42 Å². The van der Waals surface area contributed by atoms with Crippen LogP contribution in [0.25, 0.3) is 0 Å². The largest absolute Gasteiger partial charge is 0.309 e. The standard InChI is InChI=1S/C14H22N2O2S3/c1-14(2)10-16(7-8-19-14)21(17,18)13-6-5-12(20-13)9-15-11-3-4-11/h5-6,11,15H,3-4,7-10H2,1-2H3. The topological polar surface area (TPSA) is 49.4 Å². The predicted molar refractivity (Wildman–Crippen MR) is 89.5 cm³/mol. The molecule has 1 saturated heterocycles.